The Morgan fingerprint density at radius 3 is 2.58 bits per heavy atom. The molecular weight excluding hydrogens is 457 g/mol. The first-order chi connectivity index (χ1) is 15.5. The van der Waals surface area contributed by atoms with Gasteiger partial charge in [-0.25, -0.2) is 9.78 Å². The number of hydrogen-bond acceptors (Lipinski definition) is 6. The number of carbonyl (C=O) groups excluding carboxylic acids is 2. The van der Waals surface area contributed by atoms with Crippen LogP contribution in [0.15, 0.2) is 35.1 Å². The standard InChI is InChI=1S/C23H17F3N2O4S/c1-4-32-22(31)14-8-10(2)27-21-17(14)18-19(33-21)16(15(11(3)29)20(30)28-18)12-6-5-7-13(9-12)23(24,25)26/h5-9H,4H2,1-3H3,(H,28,30). The van der Waals surface area contributed by atoms with Gasteiger partial charge >= 0.3 is 12.1 Å². The number of ether oxygens (including phenoxy) is 1. The number of fused-ring (bicyclic) bond motifs is 3. The number of esters is 1. The Hall–Kier alpha value is -3.53. The zero-order valence-electron chi connectivity index (χ0n) is 17.7. The van der Waals surface area contributed by atoms with Crippen molar-refractivity contribution in [3.63, 3.8) is 0 Å². The summed E-state index contributed by atoms with van der Waals surface area (Å²) in [5.41, 5.74) is -0.896. The summed E-state index contributed by atoms with van der Waals surface area (Å²) in [5, 5.41) is 0.319. The molecule has 0 saturated heterocycles. The summed E-state index contributed by atoms with van der Waals surface area (Å²) in [4.78, 5) is 45.4. The molecule has 0 aliphatic carbocycles. The lowest BCUT2D eigenvalue weighted by atomic mass is 9.96. The molecule has 0 amide bonds. The maximum atomic E-state index is 13.4. The minimum absolute atomic E-state index is 0.0621. The Morgan fingerprint density at radius 1 is 1.21 bits per heavy atom. The molecule has 0 atom stereocenters. The molecule has 33 heavy (non-hydrogen) atoms. The molecule has 0 unspecified atom stereocenters. The highest BCUT2D eigenvalue weighted by atomic mass is 32.1. The van der Waals surface area contributed by atoms with Crippen LogP contribution in [0.5, 0.6) is 0 Å². The van der Waals surface area contributed by atoms with Crippen LogP contribution in [0.4, 0.5) is 13.2 Å². The van der Waals surface area contributed by atoms with Gasteiger partial charge in [-0.2, -0.15) is 13.2 Å². The van der Waals surface area contributed by atoms with Crippen LogP contribution in [-0.4, -0.2) is 28.3 Å². The highest BCUT2D eigenvalue weighted by Crippen LogP contribution is 2.42. The highest BCUT2D eigenvalue weighted by Gasteiger charge is 2.31. The number of ketones is 1. The smallest absolute Gasteiger partial charge is 0.416 e. The average Bonchev–Trinajstić information content (AvgIpc) is 3.09. The predicted molar refractivity (Wildman–Crippen MR) is 119 cm³/mol. The highest BCUT2D eigenvalue weighted by molar-refractivity contribution is 7.26. The van der Waals surface area contributed by atoms with E-state index in [-0.39, 0.29) is 34.4 Å². The lowest BCUT2D eigenvalue weighted by Gasteiger charge is -2.12. The number of H-pyrrole nitrogens is 1. The molecule has 1 N–H and O–H groups in total. The number of nitrogens with one attached hydrogen (secondary N) is 1. The number of aromatic amines is 1. The van der Waals surface area contributed by atoms with Crippen molar-refractivity contribution in [2.45, 2.75) is 26.9 Å². The number of Topliss-reactive ketones (excluding diaryl/α,β-unsaturated/α-hetero) is 1. The molecule has 6 nitrogen and oxygen atoms in total. The zero-order valence-corrected chi connectivity index (χ0v) is 18.5. The second-order valence-corrected chi connectivity index (χ2v) is 8.36. The summed E-state index contributed by atoms with van der Waals surface area (Å²) in [6.07, 6.45) is -4.61. The number of thiophene rings is 1. The third-order valence-corrected chi connectivity index (χ3v) is 6.16. The minimum atomic E-state index is -4.61. The molecule has 0 aliphatic heterocycles. The fraction of sp³-hybridized carbons (Fsp3) is 0.217. The van der Waals surface area contributed by atoms with Crippen LogP contribution in [-0.2, 0) is 10.9 Å². The average molecular weight is 474 g/mol. The van der Waals surface area contributed by atoms with Crippen LogP contribution < -0.4 is 5.56 Å². The van der Waals surface area contributed by atoms with Crippen LogP contribution in [0.25, 0.3) is 31.6 Å². The van der Waals surface area contributed by atoms with Crippen molar-refractivity contribution in [3.8, 4) is 11.1 Å². The Balaban J connectivity index is 2.18. The predicted octanol–water partition coefficient (Wildman–Crippen LogP) is 5.51. The van der Waals surface area contributed by atoms with Crippen LogP contribution in [0.1, 0.15) is 45.8 Å². The van der Waals surface area contributed by atoms with Crippen LogP contribution >= 0.6 is 11.3 Å². The first kappa shape index (κ1) is 22.7. The summed E-state index contributed by atoms with van der Waals surface area (Å²) in [6.45, 7) is 4.64. The summed E-state index contributed by atoms with van der Waals surface area (Å²) in [6, 6.07) is 5.96. The fourth-order valence-corrected chi connectivity index (χ4v) is 5.03. The van der Waals surface area contributed by atoms with Gasteiger partial charge in [0.15, 0.2) is 5.78 Å². The molecule has 0 spiro atoms. The van der Waals surface area contributed by atoms with E-state index in [1.165, 1.54) is 25.1 Å². The number of aromatic nitrogens is 2. The van der Waals surface area contributed by atoms with E-state index in [9.17, 15) is 27.6 Å². The van der Waals surface area contributed by atoms with E-state index in [0.29, 0.717) is 20.6 Å². The van der Waals surface area contributed by atoms with Crippen molar-refractivity contribution in [1.82, 2.24) is 9.97 Å². The maximum Gasteiger partial charge on any atom is 0.416 e. The van der Waals surface area contributed by atoms with Gasteiger partial charge in [-0.1, -0.05) is 12.1 Å². The molecule has 3 heterocycles. The van der Waals surface area contributed by atoms with Crippen molar-refractivity contribution in [2.75, 3.05) is 6.61 Å². The van der Waals surface area contributed by atoms with Gasteiger partial charge in [0.25, 0.3) is 5.56 Å². The fourth-order valence-electron chi connectivity index (χ4n) is 3.75. The third-order valence-electron chi connectivity index (χ3n) is 5.06. The van der Waals surface area contributed by atoms with Gasteiger partial charge in [-0.15, -0.1) is 11.3 Å². The van der Waals surface area contributed by atoms with Crippen molar-refractivity contribution in [1.29, 1.82) is 0 Å². The molecule has 4 aromatic rings. The van der Waals surface area contributed by atoms with Gasteiger partial charge in [0, 0.05) is 11.3 Å². The van der Waals surface area contributed by atoms with Crippen molar-refractivity contribution in [2.24, 2.45) is 0 Å². The lowest BCUT2D eigenvalue weighted by molar-refractivity contribution is -0.137. The van der Waals surface area contributed by atoms with E-state index in [4.69, 9.17) is 4.74 Å². The van der Waals surface area contributed by atoms with E-state index in [1.54, 1.807) is 13.8 Å². The number of carbonyl (C=O) groups is 2. The SMILES string of the molecule is CCOC(=O)c1cc(C)nc2sc3c(-c4cccc(C(F)(F)F)c4)c(C(C)=O)c(=O)[nH]c3c12. The quantitative estimate of drug-likeness (QED) is 0.311. The van der Waals surface area contributed by atoms with Crippen LogP contribution in [0.2, 0.25) is 0 Å². The van der Waals surface area contributed by atoms with Gasteiger partial charge in [0.1, 0.15) is 4.83 Å². The molecule has 0 saturated carbocycles. The van der Waals surface area contributed by atoms with E-state index in [2.05, 4.69) is 9.97 Å². The van der Waals surface area contributed by atoms with Gasteiger partial charge in [-0.3, -0.25) is 9.59 Å². The zero-order chi connectivity index (χ0) is 24.1. The van der Waals surface area contributed by atoms with Gasteiger partial charge < -0.3 is 9.72 Å². The van der Waals surface area contributed by atoms with E-state index < -0.39 is 29.1 Å². The van der Waals surface area contributed by atoms with Crippen LogP contribution in [0.3, 0.4) is 0 Å². The Morgan fingerprint density at radius 2 is 1.94 bits per heavy atom. The molecule has 0 radical (unpaired) electrons. The summed E-state index contributed by atoms with van der Waals surface area (Å²) in [7, 11) is 0. The molecule has 1 aromatic carbocycles. The maximum absolute atomic E-state index is 13.4. The Kier molecular flexibility index (Phi) is 5.57. The molecule has 170 valence electrons. The topological polar surface area (TPSA) is 89.1 Å². The number of halogens is 3. The molecule has 4 rings (SSSR count). The number of rotatable bonds is 4. The lowest BCUT2D eigenvalue weighted by Crippen LogP contribution is -2.18. The van der Waals surface area contributed by atoms with Gasteiger partial charge in [0.05, 0.1) is 38.9 Å². The van der Waals surface area contributed by atoms with Crippen LogP contribution in [0, 0.1) is 6.92 Å². The molecule has 3 aromatic heterocycles. The molecule has 0 bridgehead atoms. The van der Waals surface area contributed by atoms with Gasteiger partial charge in [0.2, 0.25) is 0 Å². The van der Waals surface area contributed by atoms with E-state index >= 15 is 0 Å². The largest absolute Gasteiger partial charge is 0.462 e. The Bertz CT molecular complexity index is 1500. The number of nitrogens with zero attached hydrogens (tertiary/aromatic N) is 1. The molecule has 0 aliphatic rings. The first-order valence-electron chi connectivity index (χ1n) is 9.88. The molecular formula is C23H17F3N2O4S. The van der Waals surface area contributed by atoms with E-state index in [0.717, 1.165) is 23.5 Å². The minimum Gasteiger partial charge on any atom is -0.462 e. The number of hydrogen-bond donors (Lipinski definition) is 1. The molecule has 0 fully saturated rings. The van der Waals surface area contributed by atoms with Crippen molar-refractivity contribution < 1.29 is 27.5 Å². The summed E-state index contributed by atoms with van der Waals surface area (Å²) in [5.74, 6) is -1.22. The summed E-state index contributed by atoms with van der Waals surface area (Å²) < 4.78 is 45.6. The third kappa shape index (κ3) is 3.91. The van der Waals surface area contributed by atoms with Crippen molar-refractivity contribution >= 4 is 43.5 Å². The first-order valence-corrected chi connectivity index (χ1v) is 10.7. The number of pyridine rings is 2. The number of alkyl halides is 3. The Labute approximate surface area is 189 Å². The monoisotopic (exact) mass is 474 g/mol. The van der Waals surface area contributed by atoms with E-state index in [1.807, 2.05) is 0 Å². The molecule has 10 heteroatoms. The second kappa shape index (κ2) is 8.11. The normalized spacial score (nSPS) is 11.8. The summed E-state index contributed by atoms with van der Waals surface area (Å²) >= 11 is 1.08. The number of aryl methyl sites for hydroxylation is 1. The van der Waals surface area contributed by atoms with Gasteiger partial charge in [-0.05, 0) is 44.5 Å². The van der Waals surface area contributed by atoms with Crippen molar-refractivity contribution in [3.05, 3.63) is 63.1 Å². The number of benzene rings is 1. The second-order valence-electron chi connectivity index (χ2n) is 7.36.